The summed E-state index contributed by atoms with van der Waals surface area (Å²) in [6, 6.07) is 14.2. The summed E-state index contributed by atoms with van der Waals surface area (Å²) in [7, 11) is 1.00. The summed E-state index contributed by atoms with van der Waals surface area (Å²) in [5.41, 5.74) is 1.61. The van der Waals surface area contributed by atoms with E-state index in [-0.39, 0.29) is 11.9 Å². The summed E-state index contributed by atoms with van der Waals surface area (Å²) >= 11 is 0. The highest BCUT2D eigenvalue weighted by Gasteiger charge is 2.23. The number of aliphatic hydroxyl groups excluding tert-OH is 1. The smallest absolute Gasteiger partial charge is 0.338 e. The summed E-state index contributed by atoms with van der Waals surface area (Å²) in [5.74, 6) is 0.0344. The van der Waals surface area contributed by atoms with E-state index in [1.165, 1.54) is 77.0 Å². The van der Waals surface area contributed by atoms with E-state index in [4.69, 9.17) is 14.6 Å². The summed E-state index contributed by atoms with van der Waals surface area (Å²) < 4.78 is 12.6. The Labute approximate surface area is 280 Å². The molecule has 260 valence electrons. The molecule has 0 unspecified atom stereocenters. The number of nitrogens with one attached hydrogen (secondary N) is 1. The third kappa shape index (κ3) is 16.6. The fraction of sp³-hybridized carbons (Fsp3) is 0.641. The average molecular weight is 642 g/mol. The van der Waals surface area contributed by atoms with Crippen LogP contribution in [0.5, 0.6) is 5.75 Å². The van der Waals surface area contributed by atoms with E-state index in [1.807, 2.05) is 18.2 Å². The molecule has 2 aromatic carbocycles. The maximum atomic E-state index is 13.0. The average Bonchev–Trinajstić information content (AvgIpc) is 3.09. The van der Waals surface area contributed by atoms with E-state index in [0.717, 1.165) is 50.6 Å². The van der Waals surface area contributed by atoms with Gasteiger partial charge in [-0.15, -0.1) is 0 Å². The molecule has 2 aromatic rings. The lowest BCUT2D eigenvalue weighted by atomic mass is 10.1. The number of nitrogens with zero attached hydrogens (tertiary/aromatic N) is 1. The zero-order chi connectivity index (χ0) is 33.9. The normalized spacial score (nSPS) is 11.0. The first-order valence-electron chi connectivity index (χ1n) is 18.1. The second-order valence-corrected chi connectivity index (χ2v) is 12.2. The molecule has 0 saturated heterocycles. The fourth-order valence-corrected chi connectivity index (χ4v) is 5.70. The first kappa shape index (κ1) is 41.1. The summed E-state index contributed by atoms with van der Waals surface area (Å²) in [6.07, 6.45) is 17.7. The molecule has 0 aliphatic heterocycles. The van der Waals surface area contributed by atoms with Gasteiger partial charge in [-0.1, -0.05) is 96.6 Å². The summed E-state index contributed by atoms with van der Waals surface area (Å²) in [6.45, 7) is 14.0. The topological polar surface area (TPSA) is 84.9 Å². The van der Waals surface area contributed by atoms with Crippen molar-refractivity contribution in [1.29, 1.82) is 0 Å². The Hall–Kier alpha value is -2.90. The number of likely N-dealkylation sites (N-methyl/N-ethyl adjacent to an activating group) is 1. The van der Waals surface area contributed by atoms with Gasteiger partial charge in [-0.05, 0) is 69.5 Å². The van der Waals surface area contributed by atoms with E-state index in [9.17, 15) is 9.59 Å². The number of benzene rings is 2. The minimum atomic E-state index is -0.325. The molecular weight excluding hydrogens is 576 g/mol. The molecule has 0 radical (unpaired) electrons. The van der Waals surface area contributed by atoms with Crippen molar-refractivity contribution in [3.8, 4) is 5.75 Å². The van der Waals surface area contributed by atoms with Crippen molar-refractivity contribution in [3.63, 3.8) is 0 Å². The monoisotopic (exact) mass is 641 g/mol. The lowest BCUT2D eigenvalue weighted by Crippen LogP contribution is -2.50. The summed E-state index contributed by atoms with van der Waals surface area (Å²) in [4.78, 5) is 25.8. The second kappa shape index (κ2) is 26.2. The predicted molar refractivity (Wildman–Crippen MR) is 192 cm³/mol. The number of quaternary nitrogens is 1. The molecule has 0 bridgehead atoms. The number of hydrogen-bond acceptors (Lipinski definition) is 5. The second-order valence-electron chi connectivity index (χ2n) is 12.2. The number of amides is 1. The molecule has 0 saturated carbocycles. The molecule has 1 amide bonds. The van der Waals surface area contributed by atoms with Crippen LogP contribution in [-0.2, 0) is 4.74 Å². The summed E-state index contributed by atoms with van der Waals surface area (Å²) in [5, 5.41) is 9.94. The van der Waals surface area contributed by atoms with E-state index in [0.29, 0.717) is 35.8 Å². The molecule has 0 spiro atoms. The molecule has 0 aromatic heterocycles. The van der Waals surface area contributed by atoms with Gasteiger partial charge >= 0.3 is 5.97 Å². The van der Waals surface area contributed by atoms with E-state index < -0.39 is 0 Å². The van der Waals surface area contributed by atoms with Gasteiger partial charge in [0, 0.05) is 12.8 Å². The Morgan fingerprint density at radius 1 is 0.652 bits per heavy atom. The van der Waals surface area contributed by atoms with Crippen molar-refractivity contribution in [2.75, 3.05) is 51.8 Å². The van der Waals surface area contributed by atoms with Gasteiger partial charge in [0.15, 0.2) is 0 Å². The largest absolute Gasteiger partial charge is 0.493 e. The first-order chi connectivity index (χ1) is 22.5. The Bertz CT molecular complexity index is 1050. The molecule has 46 heavy (non-hydrogen) atoms. The highest BCUT2D eigenvalue weighted by atomic mass is 16.5. The number of carbonyl (C=O) groups is 2. The maximum absolute atomic E-state index is 13.0. The van der Waals surface area contributed by atoms with Gasteiger partial charge in [-0.25, -0.2) is 4.79 Å². The van der Waals surface area contributed by atoms with Crippen LogP contribution in [0.2, 0.25) is 0 Å². The number of hydrogen-bond donors (Lipinski definition) is 2. The predicted octanol–water partition coefficient (Wildman–Crippen LogP) is 9.44. The van der Waals surface area contributed by atoms with Crippen molar-refractivity contribution in [1.82, 2.24) is 0 Å². The van der Waals surface area contributed by atoms with Crippen LogP contribution in [0.1, 0.15) is 138 Å². The van der Waals surface area contributed by atoms with Crippen LogP contribution in [0, 0.1) is 0 Å². The SMILES string of the molecule is CCCCCCCCCC[N+](CC)(CC)CCOC(=O)c1ccc(NC(=O)c2ccccc2OCCCCCCCC)cc1.CO. The minimum Gasteiger partial charge on any atom is -0.493 e. The van der Waals surface area contributed by atoms with Gasteiger partial charge in [-0.3, -0.25) is 4.79 Å². The third-order valence-electron chi connectivity index (χ3n) is 8.89. The number of para-hydroxylation sites is 1. The number of esters is 1. The Morgan fingerprint density at radius 3 is 1.78 bits per heavy atom. The zero-order valence-corrected chi connectivity index (χ0v) is 29.8. The van der Waals surface area contributed by atoms with Crippen molar-refractivity contribution in [3.05, 3.63) is 59.7 Å². The highest BCUT2D eigenvalue weighted by molar-refractivity contribution is 6.06. The van der Waals surface area contributed by atoms with Gasteiger partial charge in [-0.2, -0.15) is 0 Å². The first-order valence-corrected chi connectivity index (χ1v) is 18.1. The van der Waals surface area contributed by atoms with Crippen molar-refractivity contribution >= 4 is 17.6 Å². The number of aliphatic hydroxyl groups is 1. The van der Waals surface area contributed by atoms with Gasteiger partial charge in [0.1, 0.15) is 18.9 Å². The number of rotatable bonds is 25. The Balaban J connectivity index is 0.00000518. The van der Waals surface area contributed by atoms with Crippen molar-refractivity contribution in [2.45, 2.75) is 118 Å². The highest BCUT2D eigenvalue weighted by Crippen LogP contribution is 2.21. The fourth-order valence-electron chi connectivity index (χ4n) is 5.70. The molecule has 0 aliphatic carbocycles. The minimum absolute atomic E-state index is 0.233. The molecule has 0 aliphatic rings. The third-order valence-corrected chi connectivity index (χ3v) is 8.89. The van der Waals surface area contributed by atoms with E-state index >= 15 is 0 Å². The van der Waals surface area contributed by atoms with Gasteiger partial charge in [0.2, 0.25) is 0 Å². The van der Waals surface area contributed by atoms with E-state index in [1.54, 1.807) is 30.3 Å². The zero-order valence-electron chi connectivity index (χ0n) is 29.8. The van der Waals surface area contributed by atoms with Crippen LogP contribution >= 0.6 is 0 Å². The lowest BCUT2D eigenvalue weighted by Gasteiger charge is -2.36. The van der Waals surface area contributed by atoms with Crippen LogP contribution in [0.25, 0.3) is 0 Å². The van der Waals surface area contributed by atoms with Crippen LogP contribution in [-0.4, -0.2) is 68.0 Å². The van der Waals surface area contributed by atoms with Gasteiger partial charge in [0.25, 0.3) is 5.91 Å². The molecule has 7 heteroatoms. The quantitative estimate of drug-likeness (QED) is 0.0641. The number of unbranched alkanes of at least 4 members (excludes halogenated alkanes) is 12. The van der Waals surface area contributed by atoms with Crippen molar-refractivity contribution in [2.24, 2.45) is 0 Å². The van der Waals surface area contributed by atoms with Crippen LogP contribution in [0.3, 0.4) is 0 Å². The lowest BCUT2D eigenvalue weighted by molar-refractivity contribution is -0.925. The number of anilines is 1. The Kier molecular flexibility index (Phi) is 23.4. The van der Waals surface area contributed by atoms with Crippen molar-refractivity contribution < 1.29 is 28.7 Å². The van der Waals surface area contributed by atoms with Gasteiger partial charge < -0.3 is 24.4 Å². The molecular formula is C39H65N2O5+. The number of ether oxygens (including phenoxy) is 2. The van der Waals surface area contributed by atoms with Crippen LogP contribution < -0.4 is 10.1 Å². The molecule has 2 N–H and O–H groups in total. The molecule has 0 heterocycles. The maximum Gasteiger partial charge on any atom is 0.338 e. The molecule has 7 nitrogen and oxygen atoms in total. The van der Waals surface area contributed by atoms with Gasteiger partial charge in [0.05, 0.1) is 37.4 Å². The molecule has 0 fully saturated rings. The van der Waals surface area contributed by atoms with E-state index in [2.05, 4.69) is 33.0 Å². The standard InChI is InChI=1S/C38H60N2O4.CH4O/c1-5-9-11-13-15-16-17-21-29-40(7-3,8-4)30-32-44-38(42)33-25-27-34(28-26-33)39-37(41)35-23-19-20-24-36(35)43-31-22-18-14-12-10-6-2;1-2/h19-20,23-28H,5-18,21-22,29-32H2,1-4H3;2H,1H3/p+1. The Morgan fingerprint density at radius 2 is 1.20 bits per heavy atom. The van der Waals surface area contributed by atoms with Crippen LogP contribution in [0.15, 0.2) is 48.5 Å². The van der Waals surface area contributed by atoms with Crippen LogP contribution in [0.4, 0.5) is 5.69 Å². The number of carbonyl (C=O) groups excluding carboxylic acids is 2. The molecule has 0 atom stereocenters. The molecule has 2 rings (SSSR count).